The molecule has 1 unspecified atom stereocenters. The first kappa shape index (κ1) is 17.6. The number of methoxy groups -OCH3 is 1. The van der Waals surface area contributed by atoms with Gasteiger partial charge in [0.15, 0.2) is 11.4 Å². The van der Waals surface area contributed by atoms with E-state index in [1.165, 1.54) is 13.0 Å². The average Bonchev–Trinajstić information content (AvgIpc) is 2.42. The second kappa shape index (κ2) is 5.36. The Kier molecular flexibility index (Phi) is 4.48. The van der Waals surface area contributed by atoms with E-state index >= 15 is 0 Å². The maximum atomic E-state index is 12.8. The van der Waals surface area contributed by atoms with Crippen LogP contribution in [0.4, 0.5) is 0 Å². The van der Waals surface area contributed by atoms with Gasteiger partial charge in [0.25, 0.3) is 0 Å². The molecule has 0 saturated heterocycles. The molecule has 21 heavy (non-hydrogen) atoms. The standard InChI is InChI=1S/C15H24N2O4/c1-6-15(20,12(19)21-5)14(17)8-7-10(9(2)3)13(4,16)11(14)18/h7-8,10,20H,2,6,16-17H2,1,3-5H3/t10-,13+,14-,15?/m0/s1. The number of esters is 1. The molecular weight excluding hydrogens is 272 g/mol. The number of ketones is 1. The summed E-state index contributed by atoms with van der Waals surface area (Å²) in [4.78, 5) is 24.7. The van der Waals surface area contributed by atoms with Crippen molar-refractivity contribution >= 4 is 11.8 Å². The summed E-state index contributed by atoms with van der Waals surface area (Å²) in [7, 11) is 1.13. The van der Waals surface area contributed by atoms with Crippen LogP contribution in [0.2, 0.25) is 0 Å². The van der Waals surface area contributed by atoms with E-state index in [4.69, 9.17) is 11.5 Å². The van der Waals surface area contributed by atoms with Gasteiger partial charge in [0.2, 0.25) is 0 Å². The van der Waals surface area contributed by atoms with Gasteiger partial charge >= 0.3 is 5.97 Å². The van der Waals surface area contributed by atoms with Crippen molar-refractivity contribution in [3.05, 3.63) is 24.3 Å². The van der Waals surface area contributed by atoms with Crippen LogP contribution >= 0.6 is 0 Å². The predicted molar refractivity (Wildman–Crippen MR) is 79.2 cm³/mol. The Morgan fingerprint density at radius 1 is 1.57 bits per heavy atom. The van der Waals surface area contributed by atoms with Crippen molar-refractivity contribution in [3.63, 3.8) is 0 Å². The molecule has 0 aromatic rings. The van der Waals surface area contributed by atoms with Crippen LogP contribution in [0.1, 0.15) is 27.2 Å². The Balaban J connectivity index is 3.49. The third kappa shape index (κ3) is 2.33. The normalized spacial score (nSPS) is 35.2. The van der Waals surface area contributed by atoms with E-state index in [2.05, 4.69) is 11.3 Å². The first-order valence-corrected chi connectivity index (χ1v) is 6.77. The molecule has 4 atom stereocenters. The molecule has 0 bridgehead atoms. The number of hydrogen-bond donors (Lipinski definition) is 3. The smallest absolute Gasteiger partial charge is 0.340 e. The lowest BCUT2D eigenvalue weighted by Crippen LogP contribution is -2.75. The van der Waals surface area contributed by atoms with Gasteiger partial charge in [-0.2, -0.15) is 0 Å². The van der Waals surface area contributed by atoms with Crippen LogP contribution < -0.4 is 11.5 Å². The zero-order valence-corrected chi connectivity index (χ0v) is 13.0. The molecule has 0 aliphatic heterocycles. The number of carbonyl (C=O) groups excluding carboxylic acids is 2. The van der Waals surface area contributed by atoms with Crippen molar-refractivity contribution < 1.29 is 19.4 Å². The molecule has 6 nitrogen and oxygen atoms in total. The summed E-state index contributed by atoms with van der Waals surface area (Å²) in [6, 6.07) is 0. The predicted octanol–water partition coefficient (Wildman–Crippen LogP) is 0.0466. The Labute approximate surface area is 124 Å². The van der Waals surface area contributed by atoms with Gasteiger partial charge in [-0.1, -0.05) is 31.2 Å². The fourth-order valence-electron chi connectivity index (χ4n) is 2.89. The molecule has 1 rings (SSSR count). The zero-order valence-electron chi connectivity index (χ0n) is 13.0. The Hall–Kier alpha value is -1.50. The summed E-state index contributed by atoms with van der Waals surface area (Å²) < 4.78 is 4.60. The Bertz CT molecular complexity index is 512. The van der Waals surface area contributed by atoms with E-state index in [9.17, 15) is 14.7 Å². The number of hydrogen-bond acceptors (Lipinski definition) is 6. The van der Waals surface area contributed by atoms with Gasteiger partial charge in [-0.15, -0.1) is 0 Å². The van der Waals surface area contributed by atoms with Crippen molar-refractivity contribution in [2.24, 2.45) is 17.4 Å². The van der Waals surface area contributed by atoms with Crippen molar-refractivity contribution in [2.75, 3.05) is 7.11 Å². The van der Waals surface area contributed by atoms with Crippen LogP contribution in [0.3, 0.4) is 0 Å². The van der Waals surface area contributed by atoms with Gasteiger partial charge in [0, 0.05) is 5.92 Å². The molecule has 1 aliphatic carbocycles. The number of nitrogens with two attached hydrogens (primary N) is 2. The molecule has 0 saturated carbocycles. The minimum absolute atomic E-state index is 0.0833. The molecule has 1 aliphatic rings. The third-order valence-corrected chi connectivity index (χ3v) is 4.31. The van der Waals surface area contributed by atoms with Crippen molar-refractivity contribution in [2.45, 2.75) is 43.9 Å². The zero-order chi connectivity index (χ0) is 16.6. The number of rotatable bonds is 4. The fraction of sp³-hybridized carbons (Fsp3) is 0.600. The molecular formula is C15H24N2O4. The van der Waals surface area contributed by atoms with Crippen LogP contribution in [-0.2, 0) is 14.3 Å². The van der Waals surface area contributed by atoms with Gasteiger partial charge in [0.1, 0.15) is 5.54 Å². The van der Waals surface area contributed by atoms with Crippen LogP contribution in [0.5, 0.6) is 0 Å². The van der Waals surface area contributed by atoms with E-state index in [1.54, 1.807) is 19.9 Å². The topological polar surface area (TPSA) is 116 Å². The summed E-state index contributed by atoms with van der Waals surface area (Å²) in [5, 5.41) is 10.7. The highest BCUT2D eigenvalue weighted by Crippen LogP contribution is 2.39. The molecule has 118 valence electrons. The summed E-state index contributed by atoms with van der Waals surface area (Å²) in [5.74, 6) is -2.00. The van der Waals surface area contributed by atoms with Crippen molar-refractivity contribution in [1.29, 1.82) is 0 Å². The summed E-state index contributed by atoms with van der Waals surface area (Å²) in [6.07, 6.45) is 2.87. The maximum Gasteiger partial charge on any atom is 0.340 e. The highest BCUT2D eigenvalue weighted by Gasteiger charge is 2.62. The molecule has 0 fully saturated rings. The monoisotopic (exact) mass is 296 g/mol. The lowest BCUT2D eigenvalue weighted by molar-refractivity contribution is -0.173. The van der Waals surface area contributed by atoms with Crippen LogP contribution in [0, 0.1) is 5.92 Å². The van der Waals surface area contributed by atoms with E-state index in [0.29, 0.717) is 5.57 Å². The number of ether oxygens (including phenoxy) is 1. The first-order valence-electron chi connectivity index (χ1n) is 6.77. The fourth-order valence-corrected chi connectivity index (χ4v) is 2.89. The molecule has 5 N–H and O–H groups in total. The van der Waals surface area contributed by atoms with E-state index < -0.39 is 34.3 Å². The van der Waals surface area contributed by atoms with E-state index in [0.717, 1.165) is 7.11 Å². The second-order valence-corrected chi connectivity index (χ2v) is 5.87. The SMILES string of the molecule is C=C(C)[C@@H]1C=C[C@@](N)(C(O)(CC)C(=O)OC)C(=O)[C@]1(C)N. The molecule has 0 heterocycles. The summed E-state index contributed by atoms with van der Waals surface area (Å²) in [5.41, 5.74) is 7.46. The highest BCUT2D eigenvalue weighted by atomic mass is 16.5. The number of Topliss-reactive ketones (excluding diaryl/α,β-unsaturated/α-hetero) is 1. The van der Waals surface area contributed by atoms with E-state index in [-0.39, 0.29) is 6.42 Å². The second-order valence-electron chi connectivity index (χ2n) is 5.87. The van der Waals surface area contributed by atoms with Crippen LogP contribution in [0.25, 0.3) is 0 Å². The lowest BCUT2D eigenvalue weighted by Gasteiger charge is -2.47. The van der Waals surface area contributed by atoms with Crippen molar-refractivity contribution in [3.8, 4) is 0 Å². The summed E-state index contributed by atoms with van der Waals surface area (Å²) in [6.45, 7) is 8.63. The lowest BCUT2D eigenvalue weighted by atomic mass is 9.62. The minimum Gasteiger partial charge on any atom is -0.467 e. The van der Waals surface area contributed by atoms with Gasteiger partial charge in [0.05, 0.1) is 12.6 Å². The van der Waals surface area contributed by atoms with Crippen LogP contribution in [0.15, 0.2) is 24.3 Å². The van der Waals surface area contributed by atoms with Gasteiger partial charge in [-0.05, 0) is 20.3 Å². The third-order valence-electron chi connectivity index (χ3n) is 4.31. The molecule has 0 spiro atoms. The Morgan fingerprint density at radius 3 is 2.48 bits per heavy atom. The maximum absolute atomic E-state index is 12.8. The first-order chi connectivity index (χ1) is 9.49. The molecule has 0 aromatic heterocycles. The quantitative estimate of drug-likeness (QED) is 0.498. The van der Waals surface area contributed by atoms with E-state index in [1.807, 2.05) is 0 Å². The average molecular weight is 296 g/mol. The van der Waals surface area contributed by atoms with Crippen LogP contribution in [-0.4, -0.2) is 40.6 Å². The Morgan fingerprint density at radius 2 is 2.10 bits per heavy atom. The summed E-state index contributed by atoms with van der Waals surface area (Å²) >= 11 is 0. The number of aliphatic hydroxyl groups is 1. The van der Waals surface area contributed by atoms with Gasteiger partial charge in [-0.25, -0.2) is 4.79 Å². The number of carbonyl (C=O) groups is 2. The minimum atomic E-state index is -2.17. The molecule has 0 radical (unpaired) electrons. The largest absolute Gasteiger partial charge is 0.467 e. The highest BCUT2D eigenvalue weighted by molar-refractivity contribution is 6.05. The van der Waals surface area contributed by atoms with Gasteiger partial charge < -0.3 is 21.3 Å². The molecule has 0 aromatic carbocycles. The van der Waals surface area contributed by atoms with Gasteiger partial charge in [-0.3, -0.25) is 4.79 Å². The van der Waals surface area contributed by atoms with Crippen molar-refractivity contribution in [1.82, 2.24) is 0 Å². The molecule has 0 amide bonds. The molecule has 6 heteroatoms.